The Balaban J connectivity index is 1.42. The van der Waals surface area contributed by atoms with Crippen molar-refractivity contribution in [3.8, 4) is 5.75 Å². The van der Waals surface area contributed by atoms with Gasteiger partial charge >= 0.3 is 5.69 Å². The number of nitrogens with zero attached hydrogens (tertiary/aromatic N) is 2. The molecule has 1 saturated heterocycles. The number of amides is 1. The van der Waals surface area contributed by atoms with E-state index in [0.717, 1.165) is 42.0 Å². The van der Waals surface area contributed by atoms with E-state index in [1.807, 2.05) is 48.5 Å². The molecule has 0 bridgehead atoms. The predicted molar refractivity (Wildman–Crippen MR) is 104 cm³/mol. The Morgan fingerprint density at radius 2 is 2.00 bits per heavy atom. The summed E-state index contributed by atoms with van der Waals surface area (Å²) in [6.45, 7) is 1.57. The fraction of sp³-hybridized carbons (Fsp3) is 0.300. The van der Waals surface area contributed by atoms with Crippen molar-refractivity contribution in [2.24, 2.45) is 0 Å². The van der Waals surface area contributed by atoms with E-state index in [4.69, 9.17) is 4.74 Å². The van der Waals surface area contributed by atoms with Gasteiger partial charge in [-0.3, -0.25) is 9.36 Å². The molecule has 1 aliphatic heterocycles. The summed E-state index contributed by atoms with van der Waals surface area (Å²) in [4.78, 5) is 29.6. The number of hydrogen-bond donors (Lipinski definition) is 2. The van der Waals surface area contributed by atoms with Crippen LogP contribution in [0.15, 0.2) is 53.3 Å². The molecule has 0 radical (unpaired) electrons. The van der Waals surface area contributed by atoms with Gasteiger partial charge in [0.05, 0.1) is 23.8 Å². The Kier molecular flexibility index (Phi) is 4.58. The van der Waals surface area contributed by atoms with Gasteiger partial charge in [0, 0.05) is 19.1 Å². The Bertz CT molecular complexity index is 1020. The average Bonchev–Trinajstić information content (AvgIpc) is 3.26. The van der Waals surface area contributed by atoms with Crippen molar-refractivity contribution in [2.75, 3.05) is 25.1 Å². The van der Waals surface area contributed by atoms with E-state index in [2.05, 4.69) is 15.2 Å². The highest BCUT2D eigenvalue weighted by molar-refractivity contribution is 5.80. The molecule has 0 aliphatic carbocycles. The number of rotatable bonds is 5. The van der Waals surface area contributed by atoms with Gasteiger partial charge in [-0.2, -0.15) is 0 Å². The largest absolute Gasteiger partial charge is 0.495 e. The van der Waals surface area contributed by atoms with E-state index in [0.29, 0.717) is 0 Å². The third kappa shape index (κ3) is 3.40. The van der Waals surface area contributed by atoms with Crippen molar-refractivity contribution in [3.63, 3.8) is 0 Å². The number of aromatic amines is 1. The number of aromatic nitrogens is 2. The second-order valence-electron chi connectivity index (χ2n) is 6.70. The van der Waals surface area contributed by atoms with Crippen LogP contribution < -0.4 is 20.6 Å². The lowest BCUT2D eigenvalue weighted by atomic mass is 10.2. The van der Waals surface area contributed by atoms with E-state index >= 15 is 0 Å². The third-order valence-electron chi connectivity index (χ3n) is 4.96. The maximum absolute atomic E-state index is 12.5. The Morgan fingerprint density at radius 1 is 1.22 bits per heavy atom. The number of nitrogens with one attached hydrogen (secondary N) is 2. The molecule has 1 amide bonds. The SMILES string of the molecule is COc1ccccc1N1CCC(NC(=O)Cn2c(=O)[nH]c3ccccc32)C1. The molecule has 27 heavy (non-hydrogen) atoms. The Labute approximate surface area is 156 Å². The first-order valence-electron chi connectivity index (χ1n) is 9.00. The van der Waals surface area contributed by atoms with E-state index in [1.165, 1.54) is 4.57 Å². The van der Waals surface area contributed by atoms with Crippen molar-refractivity contribution >= 4 is 22.6 Å². The minimum Gasteiger partial charge on any atom is -0.495 e. The van der Waals surface area contributed by atoms with Crippen LogP contribution in [0.1, 0.15) is 6.42 Å². The monoisotopic (exact) mass is 366 g/mol. The lowest BCUT2D eigenvalue weighted by Crippen LogP contribution is -2.40. The molecule has 4 rings (SSSR count). The molecule has 2 aromatic carbocycles. The normalized spacial score (nSPS) is 16.6. The third-order valence-corrected chi connectivity index (χ3v) is 4.96. The zero-order valence-corrected chi connectivity index (χ0v) is 15.1. The zero-order valence-electron chi connectivity index (χ0n) is 15.1. The summed E-state index contributed by atoms with van der Waals surface area (Å²) in [6, 6.07) is 15.3. The molecule has 140 valence electrons. The Morgan fingerprint density at radius 3 is 2.85 bits per heavy atom. The van der Waals surface area contributed by atoms with Gasteiger partial charge in [-0.25, -0.2) is 4.79 Å². The highest BCUT2D eigenvalue weighted by Gasteiger charge is 2.26. The van der Waals surface area contributed by atoms with Crippen LogP contribution in [0.3, 0.4) is 0 Å². The second kappa shape index (κ2) is 7.19. The van der Waals surface area contributed by atoms with Crippen LogP contribution in [0.2, 0.25) is 0 Å². The molecule has 2 N–H and O–H groups in total. The van der Waals surface area contributed by atoms with Gasteiger partial charge in [0.2, 0.25) is 5.91 Å². The molecule has 1 aliphatic rings. The number of carbonyl (C=O) groups excluding carboxylic acids is 1. The second-order valence-corrected chi connectivity index (χ2v) is 6.70. The standard InChI is InChI=1S/C20H22N4O3/c1-27-18-9-5-4-8-17(18)23-11-10-14(12-23)21-19(25)13-24-16-7-3-2-6-15(16)22-20(24)26/h2-9,14H,10-13H2,1H3,(H,21,25)(H,22,26). The average molecular weight is 366 g/mol. The number of imidazole rings is 1. The van der Waals surface area contributed by atoms with Gasteiger partial charge in [-0.05, 0) is 30.7 Å². The fourth-order valence-corrected chi connectivity index (χ4v) is 3.67. The number of carbonyl (C=O) groups is 1. The van der Waals surface area contributed by atoms with Gasteiger partial charge in [-0.15, -0.1) is 0 Å². The van der Waals surface area contributed by atoms with Gasteiger partial charge in [0.1, 0.15) is 12.3 Å². The van der Waals surface area contributed by atoms with Crippen LogP contribution in [0, 0.1) is 0 Å². The van der Waals surface area contributed by atoms with Crippen molar-refractivity contribution in [3.05, 3.63) is 59.0 Å². The summed E-state index contributed by atoms with van der Waals surface area (Å²) in [5, 5.41) is 3.05. The molecule has 0 saturated carbocycles. The number of para-hydroxylation sites is 4. The van der Waals surface area contributed by atoms with Gasteiger partial charge in [0.15, 0.2) is 0 Å². The summed E-state index contributed by atoms with van der Waals surface area (Å²) in [5.74, 6) is 0.670. The van der Waals surface area contributed by atoms with Crippen LogP contribution in [0.25, 0.3) is 11.0 Å². The van der Waals surface area contributed by atoms with Crippen LogP contribution in [0.4, 0.5) is 5.69 Å². The minimum atomic E-state index is -0.270. The van der Waals surface area contributed by atoms with Crippen LogP contribution in [0.5, 0.6) is 5.75 Å². The van der Waals surface area contributed by atoms with Crippen molar-refractivity contribution in [1.29, 1.82) is 0 Å². The number of ether oxygens (including phenoxy) is 1. The van der Waals surface area contributed by atoms with Crippen molar-refractivity contribution in [2.45, 2.75) is 19.0 Å². The molecule has 7 nitrogen and oxygen atoms in total. The number of benzene rings is 2. The molecule has 0 spiro atoms. The molecule has 1 fully saturated rings. The van der Waals surface area contributed by atoms with E-state index in [9.17, 15) is 9.59 Å². The summed E-state index contributed by atoms with van der Waals surface area (Å²) in [7, 11) is 1.66. The smallest absolute Gasteiger partial charge is 0.326 e. The lowest BCUT2D eigenvalue weighted by molar-refractivity contribution is -0.122. The van der Waals surface area contributed by atoms with E-state index < -0.39 is 0 Å². The van der Waals surface area contributed by atoms with E-state index in [1.54, 1.807) is 7.11 Å². The molecule has 1 atom stereocenters. The van der Waals surface area contributed by atoms with Crippen molar-refractivity contribution < 1.29 is 9.53 Å². The van der Waals surface area contributed by atoms with Gasteiger partial charge in [0.25, 0.3) is 0 Å². The quantitative estimate of drug-likeness (QED) is 0.721. The predicted octanol–water partition coefficient (Wildman–Crippen LogP) is 1.73. The van der Waals surface area contributed by atoms with Gasteiger partial charge < -0.3 is 19.9 Å². The first kappa shape index (κ1) is 17.2. The van der Waals surface area contributed by atoms with Crippen LogP contribution >= 0.6 is 0 Å². The number of H-pyrrole nitrogens is 1. The molecular formula is C20H22N4O3. The van der Waals surface area contributed by atoms with Crippen molar-refractivity contribution in [1.82, 2.24) is 14.9 Å². The molecule has 7 heteroatoms. The zero-order chi connectivity index (χ0) is 18.8. The lowest BCUT2D eigenvalue weighted by Gasteiger charge is -2.21. The topological polar surface area (TPSA) is 79.4 Å². The molecule has 3 aromatic rings. The maximum atomic E-state index is 12.5. The number of anilines is 1. The fourth-order valence-electron chi connectivity index (χ4n) is 3.67. The summed E-state index contributed by atoms with van der Waals surface area (Å²) in [5.41, 5.74) is 2.23. The molecule has 2 heterocycles. The minimum absolute atomic E-state index is 0.00794. The number of hydrogen-bond acceptors (Lipinski definition) is 4. The maximum Gasteiger partial charge on any atom is 0.326 e. The molecule has 1 aromatic heterocycles. The number of fused-ring (bicyclic) bond motifs is 1. The number of methoxy groups -OCH3 is 1. The van der Waals surface area contributed by atoms with Gasteiger partial charge in [-0.1, -0.05) is 24.3 Å². The first-order chi connectivity index (χ1) is 13.2. The van der Waals surface area contributed by atoms with Crippen LogP contribution in [-0.4, -0.2) is 41.7 Å². The summed E-state index contributed by atoms with van der Waals surface area (Å²) in [6.07, 6.45) is 0.854. The molecular weight excluding hydrogens is 344 g/mol. The first-order valence-corrected chi connectivity index (χ1v) is 9.00. The summed E-state index contributed by atoms with van der Waals surface area (Å²) >= 11 is 0. The van der Waals surface area contributed by atoms with E-state index in [-0.39, 0.29) is 24.2 Å². The highest BCUT2D eigenvalue weighted by Crippen LogP contribution is 2.30. The summed E-state index contributed by atoms with van der Waals surface area (Å²) < 4.78 is 6.90. The highest BCUT2D eigenvalue weighted by atomic mass is 16.5. The van der Waals surface area contributed by atoms with Crippen LogP contribution in [-0.2, 0) is 11.3 Å². The Hall–Kier alpha value is -3.22. The molecule has 1 unspecified atom stereocenters.